The summed E-state index contributed by atoms with van der Waals surface area (Å²) >= 11 is 0. The summed E-state index contributed by atoms with van der Waals surface area (Å²) in [5, 5.41) is 6.44. The lowest BCUT2D eigenvalue weighted by atomic mass is 9.73. The number of rotatable bonds is 5. The first-order valence-electron chi connectivity index (χ1n) is 15.7. The molecule has 2 N–H and O–H groups in total. The smallest absolute Gasteiger partial charge is 0.246 e. The van der Waals surface area contributed by atoms with Crippen molar-refractivity contribution in [2.24, 2.45) is 23.7 Å². The Morgan fingerprint density at radius 3 is 2.48 bits per heavy atom. The van der Waals surface area contributed by atoms with E-state index in [9.17, 15) is 14.4 Å². The van der Waals surface area contributed by atoms with Crippen LogP contribution in [0.5, 0.6) is 0 Å². The summed E-state index contributed by atoms with van der Waals surface area (Å²) in [7, 11) is 0. The molecule has 216 valence electrons. The van der Waals surface area contributed by atoms with Crippen molar-refractivity contribution < 1.29 is 19.1 Å². The zero-order valence-electron chi connectivity index (χ0n) is 24.2. The maximum absolute atomic E-state index is 14.5. The second-order valence-corrected chi connectivity index (χ2v) is 13.2. The molecule has 2 saturated carbocycles. The van der Waals surface area contributed by atoms with Gasteiger partial charge in [0.15, 0.2) is 0 Å². The number of hydrogen-bond acceptors (Lipinski definition) is 4. The van der Waals surface area contributed by atoms with E-state index >= 15 is 0 Å². The van der Waals surface area contributed by atoms with E-state index in [1.165, 1.54) is 12.8 Å². The summed E-state index contributed by atoms with van der Waals surface area (Å²) in [6.07, 6.45) is 14.0. The molecule has 1 spiro atoms. The third-order valence-electron chi connectivity index (χ3n) is 10.7. The van der Waals surface area contributed by atoms with Crippen LogP contribution in [0.15, 0.2) is 36.4 Å². The van der Waals surface area contributed by atoms with Crippen LogP contribution < -0.4 is 10.6 Å². The topological polar surface area (TPSA) is 87.7 Å². The van der Waals surface area contributed by atoms with Gasteiger partial charge < -0.3 is 20.3 Å². The lowest BCUT2D eigenvalue weighted by Crippen LogP contribution is -2.59. The van der Waals surface area contributed by atoms with Gasteiger partial charge in [0.05, 0.1) is 17.9 Å². The molecule has 40 heavy (non-hydrogen) atoms. The molecule has 0 radical (unpaired) electrons. The molecule has 7 heteroatoms. The van der Waals surface area contributed by atoms with E-state index in [1.807, 2.05) is 48.2 Å². The molecular weight excluding hydrogens is 502 g/mol. The van der Waals surface area contributed by atoms with Gasteiger partial charge in [-0.25, -0.2) is 0 Å². The van der Waals surface area contributed by atoms with Crippen molar-refractivity contribution in [1.82, 2.24) is 10.2 Å². The van der Waals surface area contributed by atoms with Gasteiger partial charge in [-0.2, -0.15) is 0 Å². The Morgan fingerprint density at radius 2 is 1.73 bits per heavy atom. The third kappa shape index (κ3) is 4.68. The minimum Gasteiger partial charge on any atom is -0.359 e. The molecule has 3 amide bonds. The van der Waals surface area contributed by atoms with Gasteiger partial charge in [-0.05, 0) is 55.7 Å². The SMILES string of the molecule is Cc1cccc(NC(=O)[C@@H]2[C@@H]3C=C[C@]4(O3)[C@@H]2C(=O)N(C2CCCCCCC2)[C@H]4C(=O)N[C@@H]2CCC[C@H](C)[C@H]2C)c1. The number of nitrogens with zero attached hydrogens (tertiary/aromatic N) is 1. The average Bonchev–Trinajstić information content (AvgIpc) is 3.54. The van der Waals surface area contributed by atoms with Crippen molar-refractivity contribution in [2.75, 3.05) is 5.32 Å². The molecule has 1 aromatic carbocycles. The number of likely N-dealkylation sites (tertiary alicyclic amines) is 1. The predicted octanol–water partition coefficient (Wildman–Crippen LogP) is 5.14. The summed E-state index contributed by atoms with van der Waals surface area (Å²) in [5.41, 5.74) is 0.656. The number of hydrogen-bond donors (Lipinski definition) is 2. The molecule has 1 aromatic rings. The monoisotopic (exact) mass is 547 g/mol. The maximum atomic E-state index is 14.5. The number of benzene rings is 1. The standard InChI is InChI=1S/C33H45N3O4/c1-20-11-9-13-23(19-20)34-30(37)27-26-17-18-33(40-26)28(27)32(39)36(24-14-7-5-4-6-8-15-24)29(33)31(38)35-25-16-10-12-21(2)22(25)3/h9,11,13,17-19,21-22,24-29H,4-8,10,12,14-16H2,1-3H3,(H,34,37)(H,35,38)/t21-,22+,25+,26-,27+,28-,29-,33-/m0/s1. The number of amides is 3. The van der Waals surface area contributed by atoms with Crippen LogP contribution in [0, 0.1) is 30.6 Å². The van der Waals surface area contributed by atoms with E-state index in [0.29, 0.717) is 17.5 Å². The summed E-state index contributed by atoms with van der Waals surface area (Å²) in [6.45, 7) is 6.48. The maximum Gasteiger partial charge on any atom is 0.246 e. The van der Waals surface area contributed by atoms with E-state index < -0.39 is 29.6 Å². The van der Waals surface area contributed by atoms with Crippen LogP contribution >= 0.6 is 0 Å². The van der Waals surface area contributed by atoms with Gasteiger partial charge in [0.25, 0.3) is 0 Å². The quantitative estimate of drug-likeness (QED) is 0.500. The molecule has 2 bridgehead atoms. The van der Waals surface area contributed by atoms with Crippen molar-refractivity contribution in [3.63, 3.8) is 0 Å². The summed E-state index contributed by atoms with van der Waals surface area (Å²) in [4.78, 5) is 44.4. The summed E-state index contributed by atoms with van der Waals surface area (Å²) in [5.74, 6) is -0.863. The fourth-order valence-electron chi connectivity index (χ4n) is 8.31. The van der Waals surface area contributed by atoms with Crippen LogP contribution in [0.4, 0.5) is 5.69 Å². The highest BCUT2D eigenvalue weighted by atomic mass is 16.5. The third-order valence-corrected chi connectivity index (χ3v) is 10.7. The lowest BCUT2D eigenvalue weighted by molar-refractivity contribution is -0.144. The van der Waals surface area contributed by atoms with Gasteiger partial charge in [-0.15, -0.1) is 0 Å². The fraction of sp³-hybridized carbons (Fsp3) is 0.667. The number of anilines is 1. The largest absolute Gasteiger partial charge is 0.359 e. The van der Waals surface area contributed by atoms with Crippen LogP contribution in [-0.2, 0) is 19.1 Å². The summed E-state index contributed by atoms with van der Waals surface area (Å²) in [6, 6.07) is 7.01. The second-order valence-electron chi connectivity index (χ2n) is 13.2. The van der Waals surface area contributed by atoms with Crippen LogP contribution in [0.25, 0.3) is 0 Å². The van der Waals surface area contributed by atoms with Crippen molar-refractivity contribution in [2.45, 2.75) is 115 Å². The van der Waals surface area contributed by atoms with E-state index in [2.05, 4.69) is 24.5 Å². The van der Waals surface area contributed by atoms with Gasteiger partial charge in [0.2, 0.25) is 17.7 Å². The van der Waals surface area contributed by atoms with Crippen molar-refractivity contribution in [3.05, 3.63) is 42.0 Å². The van der Waals surface area contributed by atoms with Crippen molar-refractivity contribution >= 4 is 23.4 Å². The van der Waals surface area contributed by atoms with Crippen LogP contribution in [0.1, 0.15) is 83.6 Å². The van der Waals surface area contributed by atoms with Gasteiger partial charge >= 0.3 is 0 Å². The van der Waals surface area contributed by atoms with E-state index in [-0.39, 0.29) is 29.8 Å². The first kappa shape index (κ1) is 27.5. The molecular formula is C33H45N3O4. The van der Waals surface area contributed by atoms with Gasteiger partial charge in [0, 0.05) is 17.8 Å². The average molecular weight is 548 g/mol. The Bertz CT molecular complexity index is 1170. The Labute approximate surface area is 238 Å². The van der Waals surface area contributed by atoms with E-state index in [4.69, 9.17) is 4.74 Å². The highest BCUT2D eigenvalue weighted by Crippen LogP contribution is 2.56. The molecule has 7 nitrogen and oxygen atoms in total. The zero-order valence-corrected chi connectivity index (χ0v) is 24.2. The van der Waals surface area contributed by atoms with Crippen molar-refractivity contribution in [3.8, 4) is 0 Å². The Hall–Kier alpha value is -2.67. The molecule has 5 aliphatic rings. The molecule has 4 fully saturated rings. The molecule has 3 aliphatic heterocycles. The molecule has 0 aromatic heterocycles. The number of aryl methyl sites for hydroxylation is 1. The summed E-state index contributed by atoms with van der Waals surface area (Å²) < 4.78 is 6.60. The van der Waals surface area contributed by atoms with Crippen LogP contribution in [0.3, 0.4) is 0 Å². The van der Waals surface area contributed by atoms with E-state index in [0.717, 1.165) is 56.9 Å². The first-order chi connectivity index (χ1) is 19.3. The second kappa shape index (κ2) is 11.0. The Balaban J connectivity index is 1.33. The highest BCUT2D eigenvalue weighted by Gasteiger charge is 2.73. The number of carbonyl (C=O) groups is 3. The highest BCUT2D eigenvalue weighted by molar-refractivity contribution is 6.03. The van der Waals surface area contributed by atoms with Crippen molar-refractivity contribution in [1.29, 1.82) is 0 Å². The van der Waals surface area contributed by atoms with Crippen LogP contribution in [0.2, 0.25) is 0 Å². The molecule has 2 saturated heterocycles. The number of carbonyl (C=O) groups excluding carboxylic acids is 3. The molecule has 3 heterocycles. The number of ether oxygens (including phenoxy) is 1. The Morgan fingerprint density at radius 1 is 0.975 bits per heavy atom. The lowest BCUT2D eigenvalue weighted by Gasteiger charge is -2.40. The molecule has 8 atom stereocenters. The van der Waals surface area contributed by atoms with E-state index in [1.54, 1.807) is 0 Å². The predicted molar refractivity (Wildman–Crippen MR) is 154 cm³/mol. The fourth-order valence-corrected chi connectivity index (χ4v) is 8.31. The number of nitrogens with one attached hydrogen (secondary N) is 2. The zero-order chi connectivity index (χ0) is 28.0. The number of fused-ring (bicyclic) bond motifs is 1. The molecule has 0 unspecified atom stereocenters. The molecule has 2 aliphatic carbocycles. The Kier molecular flexibility index (Phi) is 7.53. The van der Waals surface area contributed by atoms with Crippen LogP contribution in [-0.4, -0.2) is 52.5 Å². The van der Waals surface area contributed by atoms with Gasteiger partial charge in [-0.1, -0.05) is 83.1 Å². The normalized spacial score (nSPS) is 37.6. The van der Waals surface area contributed by atoms with Gasteiger partial charge in [-0.3, -0.25) is 14.4 Å². The molecule has 6 rings (SSSR count). The minimum atomic E-state index is -1.10. The minimum absolute atomic E-state index is 0.0113. The first-order valence-corrected chi connectivity index (χ1v) is 15.7. The van der Waals surface area contributed by atoms with Gasteiger partial charge in [0.1, 0.15) is 11.6 Å².